The Balaban J connectivity index is 1.28. The van der Waals surface area contributed by atoms with Crippen LogP contribution in [0.1, 0.15) is 85.5 Å². The molecule has 3 heterocycles. The number of nitrogens with one attached hydrogen (secondary N) is 1. The van der Waals surface area contributed by atoms with Crippen molar-refractivity contribution < 1.29 is 23.3 Å². The molecule has 6 atom stereocenters. The Morgan fingerprint density at radius 1 is 1.17 bits per heavy atom. The van der Waals surface area contributed by atoms with Crippen LogP contribution in [0.15, 0.2) is 65.2 Å². The van der Waals surface area contributed by atoms with Crippen LogP contribution in [0, 0.1) is 11.8 Å². The number of anilines is 1. The number of methoxy groups -OCH3 is 1. The molecule has 1 fully saturated rings. The molecule has 1 spiro atoms. The Hall–Kier alpha value is -3.67. The highest BCUT2D eigenvalue weighted by Gasteiger charge is 2.44. The maximum absolute atomic E-state index is 14.8. The number of ether oxygens (including phenoxy) is 2. The van der Waals surface area contributed by atoms with Crippen molar-refractivity contribution in [2.75, 3.05) is 31.7 Å². The van der Waals surface area contributed by atoms with E-state index in [1.54, 1.807) is 24.1 Å². The predicted molar refractivity (Wildman–Crippen MR) is 204 cm³/mol. The van der Waals surface area contributed by atoms with Crippen LogP contribution in [-0.2, 0) is 44.8 Å². The zero-order valence-electron chi connectivity index (χ0n) is 30.4. The van der Waals surface area contributed by atoms with Crippen LogP contribution in [0.25, 0.3) is 0 Å². The van der Waals surface area contributed by atoms with Crippen molar-refractivity contribution in [3.63, 3.8) is 0 Å². The standard InChI is InChI=1S/C40H50ClN5O5S/c1-4-32-9-5-6-10-36(50-3)33-15-11-29(33)24-46-25-40(20-7-8-27-22-30(41)13-16-34(27)40)26-51-37-17-12-28(23-35(37)46)39(48)44-52(32,49)43-38(47)18-14-31-19-21-42-45(31)2/h6,10,12-13,16-17,19,21-23,29,32-33,36H,4-5,7-9,11,14-15,18,20,24-26H2,1-3H3,(H,43,44,47,48,49)/b10-6+/t29-,32+,33+,36-,40-,52+/m0/s1. The van der Waals surface area contributed by atoms with Crippen molar-refractivity contribution >= 4 is 39.0 Å². The average molecular weight is 748 g/mol. The van der Waals surface area contributed by atoms with Gasteiger partial charge < -0.3 is 14.4 Å². The molecule has 2 aliphatic carbocycles. The molecule has 0 radical (unpaired) electrons. The van der Waals surface area contributed by atoms with Crippen LogP contribution >= 0.6 is 11.6 Å². The average Bonchev–Trinajstić information content (AvgIpc) is 3.47. The number of nitrogens with zero attached hydrogens (tertiary/aromatic N) is 4. The molecule has 7 rings (SSSR count). The second kappa shape index (κ2) is 15.4. The van der Waals surface area contributed by atoms with Crippen molar-refractivity contribution in [3.05, 3.63) is 88.2 Å². The van der Waals surface area contributed by atoms with Gasteiger partial charge in [0.1, 0.15) is 15.7 Å². The molecule has 1 aromatic heterocycles. The van der Waals surface area contributed by atoms with E-state index in [4.69, 9.17) is 21.1 Å². The normalized spacial score (nSPS) is 29.5. The third kappa shape index (κ3) is 7.41. The Morgan fingerprint density at radius 3 is 2.79 bits per heavy atom. The summed E-state index contributed by atoms with van der Waals surface area (Å²) in [6.07, 6.45) is 13.2. The monoisotopic (exact) mass is 747 g/mol. The van der Waals surface area contributed by atoms with E-state index in [-0.39, 0.29) is 17.9 Å². The van der Waals surface area contributed by atoms with Crippen molar-refractivity contribution in [1.82, 2.24) is 14.5 Å². The SMILES string of the molecule is CC[C@@H]1CC/C=C/[C@H](OC)[C@@H]2CC[C@H]2CN2C[C@@]3(CCCc4cc(Cl)ccc43)COc3ccc(cc32)C(=O)N=[S@]1(=O)NC(=O)CCc1ccnn1C. The number of hydrogen-bond donors (Lipinski definition) is 1. The molecule has 278 valence electrons. The predicted octanol–water partition coefficient (Wildman–Crippen LogP) is 6.99. The number of benzene rings is 2. The van der Waals surface area contributed by atoms with E-state index >= 15 is 0 Å². The van der Waals surface area contributed by atoms with Gasteiger partial charge in [-0.1, -0.05) is 36.7 Å². The molecule has 2 bridgehead atoms. The first-order valence-electron chi connectivity index (χ1n) is 18.7. The third-order valence-corrected chi connectivity index (χ3v) is 14.5. The lowest BCUT2D eigenvalue weighted by molar-refractivity contribution is -0.119. The summed E-state index contributed by atoms with van der Waals surface area (Å²) in [5.41, 5.74) is 4.33. The maximum atomic E-state index is 14.8. The first kappa shape index (κ1) is 36.7. The number of allylic oxidation sites excluding steroid dienone is 1. The smallest absolute Gasteiger partial charge is 0.286 e. The number of aromatic nitrogens is 2. The van der Waals surface area contributed by atoms with Gasteiger partial charge in [-0.25, -0.2) is 4.21 Å². The van der Waals surface area contributed by atoms with E-state index < -0.39 is 27.0 Å². The van der Waals surface area contributed by atoms with E-state index in [9.17, 15) is 13.8 Å². The summed E-state index contributed by atoms with van der Waals surface area (Å²) in [5, 5.41) is 4.39. The molecule has 2 amide bonds. The molecule has 1 saturated carbocycles. The van der Waals surface area contributed by atoms with E-state index in [1.165, 1.54) is 11.1 Å². The molecule has 0 unspecified atom stereocenters. The number of carbonyl (C=O) groups is 2. The summed E-state index contributed by atoms with van der Waals surface area (Å²) >= 11 is 6.47. The molecular formula is C40H50ClN5O5S. The van der Waals surface area contributed by atoms with Crippen molar-refractivity contribution in [1.29, 1.82) is 0 Å². The first-order chi connectivity index (χ1) is 25.1. The van der Waals surface area contributed by atoms with Gasteiger partial charge in [-0.05, 0) is 117 Å². The lowest BCUT2D eigenvalue weighted by Gasteiger charge is -2.46. The molecule has 12 heteroatoms. The molecule has 52 heavy (non-hydrogen) atoms. The number of aryl methyl sites for hydroxylation is 3. The lowest BCUT2D eigenvalue weighted by Crippen LogP contribution is -2.49. The Kier molecular flexibility index (Phi) is 10.8. The van der Waals surface area contributed by atoms with Gasteiger partial charge in [0.05, 0.1) is 23.6 Å². The van der Waals surface area contributed by atoms with Crippen LogP contribution < -0.4 is 14.4 Å². The minimum atomic E-state index is -3.50. The number of halogens is 1. The van der Waals surface area contributed by atoms with Crippen LogP contribution in [0.3, 0.4) is 0 Å². The van der Waals surface area contributed by atoms with Gasteiger partial charge in [0.2, 0.25) is 5.91 Å². The van der Waals surface area contributed by atoms with E-state index in [0.29, 0.717) is 55.4 Å². The minimum absolute atomic E-state index is 0.0467. The van der Waals surface area contributed by atoms with E-state index in [0.717, 1.165) is 61.6 Å². The van der Waals surface area contributed by atoms with Crippen molar-refractivity contribution in [3.8, 4) is 5.75 Å². The molecule has 0 saturated heterocycles. The van der Waals surface area contributed by atoms with Crippen LogP contribution in [0.4, 0.5) is 5.69 Å². The van der Waals surface area contributed by atoms with Crippen LogP contribution in [-0.4, -0.2) is 64.0 Å². The van der Waals surface area contributed by atoms with Gasteiger partial charge >= 0.3 is 0 Å². The fraction of sp³-hybridized carbons (Fsp3) is 0.525. The Bertz CT molecular complexity index is 1970. The Labute approximate surface area is 312 Å². The van der Waals surface area contributed by atoms with Gasteiger partial charge in [-0.15, -0.1) is 4.36 Å². The summed E-state index contributed by atoms with van der Waals surface area (Å²) in [5.74, 6) is 0.428. The fourth-order valence-corrected chi connectivity index (χ4v) is 11.0. The Morgan fingerprint density at radius 2 is 2.04 bits per heavy atom. The summed E-state index contributed by atoms with van der Waals surface area (Å²) in [6.45, 7) is 3.95. The van der Waals surface area contributed by atoms with E-state index in [1.807, 2.05) is 38.2 Å². The first-order valence-corrected chi connectivity index (χ1v) is 20.6. The second-order valence-electron chi connectivity index (χ2n) is 15.0. The zero-order valence-corrected chi connectivity index (χ0v) is 32.0. The van der Waals surface area contributed by atoms with Crippen LogP contribution in [0.5, 0.6) is 5.75 Å². The molecule has 2 aliphatic heterocycles. The third-order valence-electron chi connectivity index (χ3n) is 11.8. The zero-order chi connectivity index (χ0) is 36.5. The molecular weight excluding hydrogens is 698 g/mol. The highest BCUT2D eigenvalue weighted by molar-refractivity contribution is 7.93. The topological polar surface area (TPSA) is 115 Å². The molecule has 2 aromatic carbocycles. The van der Waals surface area contributed by atoms with Gasteiger partial charge in [0, 0.05) is 61.6 Å². The van der Waals surface area contributed by atoms with Gasteiger partial charge in [0.15, 0.2) is 0 Å². The van der Waals surface area contributed by atoms with Crippen molar-refractivity contribution in [2.45, 2.75) is 87.9 Å². The molecule has 3 aromatic rings. The largest absolute Gasteiger partial charge is 0.490 e. The number of hydrogen-bond acceptors (Lipinski definition) is 7. The van der Waals surface area contributed by atoms with Crippen molar-refractivity contribution in [2.24, 2.45) is 23.2 Å². The van der Waals surface area contributed by atoms with Gasteiger partial charge in [-0.2, -0.15) is 5.10 Å². The second-order valence-corrected chi connectivity index (χ2v) is 17.6. The number of amides is 2. The van der Waals surface area contributed by atoms with Crippen LogP contribution in [0.2, 0.25) is 5.02 Å². The summed E-state index contributed by atoms with van der Waals surface area (Å²) in [4.78, 5) is 29.9. The number of rotatable bonds is 6. The number of carbonyl (C=O) groups excluding carboxylic acids is 2. The molecule has 10 nitrogen and oxygen atoms in total. The summed E-state index contributed by atoms with van der Waals surface area (Å²) < 4.78 is 36.4. The highest BCUT2D eigenvalue weighted by atomic mass is 35.5. The quantitative estimate of drug-likeness (QED) is 0.271. The fourth-order valence-electron chi connectivity index (χ4n) is 8.74. The van der Waals surface area contributed by atoms with Gasteiger partial charge in [0.25, 0.3) is 5.91 Å². The van der Waals surface area contributed by atoms with Gasteiger partial charge in [-0.3, -0.25) is 19.0 Å². The minimum Gasteiger partial charge on any atom is -0.490 e. The summed E-state index contributed by atoms with van der Waals surface area (Å²) in [6, 6.07) is 13.5. The number of fused-ring (bicyclic) bond motifs is 4. The lowest BCUT2D eigenvalue weighted by atomic mass is 9.68. The van der Waals surface area contributed by atoms with E-state index in [2.05, 4.69) is 43.4 Å². The summed E-state index contributed by atoms with van der Waals surface area (Å²) in [7, 11) is 0.0911. The highest BCUT2D eigenvalue weighted by Crippen LogP contribution is 2.47. The maximum Gasteiger partial charge on any atom is 0.286 e. The molecule has 4 aliphatic rings. The molecule has 1 N–H and O–H groups in total.